The minimum absolute atomic E-state index is 0.291. The summed E-state index contributed by atoms with van der Waals surface area (Å²) in [6.07, 6.45) is 0.375. The summed E-state index contributed by atoms with van der Waals surface area (Å²) in [6, 6.07) is 20.1. The van der Waals surface area contributed by atoms with Crippen LogP contribution in [0.4, 0.5) is 0 Å². The van der Waals surface area contributed by atoms with E-state index in [2.05, 4.69) is 5.32 Å². The van der Waals surface area contributed by atoms with Crippen LogP contribution in [0.1, 0.15) is 15.9 Å². The fourth-order valence-corrected chi connectivity index (χ4v) is 3.51. The van der Waals surface area contributed by atoms with Gasteiger partial charge < -0.3 is 10.1 Å². The molecule has 1 amide bonds. The molecule has 0 radical (unpaired) electrons. The zero-order valence-electron chi connectivity index (χ0n) is 14.3. The maximum absolute atomic E-state index is 12.9. The third kappa shape index (κ3) is 4.18. The summed E-state index contributed by atoms with van der Waals surface area (Å²) in [5, 5.41) is 4.79. The number of methoxy groups -OCH3 is 1. The Morgan fingerprint density at radius 3 is 2.42 bits per heavy atom. The number of hydrogen-bond donors (Lipinski definition) is 1. The highest BCUT2D eigenvalue weighted by Crippen LogP contribution is 2.28. The molecule has 4 nitrogen and oxygen atoms in total. The molecule has 0 fully saturated rings. The summed E-state index contributed by atoms with van der Waals surface area (Å²) in [6.45, 7) is 0. The number of hydrogen-bond acceptors (Lipinski definition) is 4. The van der Waals surface area contributed by atoms with Crippen LogP contribution < -0.4 is 5.32 Å². The molecule has 0 aliphatic heterocycles. The predicted molar refractivity (Wildman–Crippen MR) is 103 cm³/mol. The van der Waals surface area contributed by atoms with E-state index in [4.69, 9.17) is 4.74 Å². The Bertz CT molecular complexity index is 875. The van der Waals surface area contributed by atoms with Gasteiger partial charge in [-0.15, -0.1) is 11.3 Å². The van der Waals surface area contributed by atoms with Gasteiger partial charge in [0.1, 0.15) is 6.04 Å². The van der Waals surface area contributed by atoms with E-state index in [9.17, 15) is 9.59 Å². The van der Waals surface area contributed by atoms with Crippen molar-refractivity contribution in [3.63, 3.8) is 0 Å². The van der Waals surface area contributed by atoms with Gasteiger partial charge in [-0.05, 0) is 23.1 Å². The Kier molecular flexibility index (Phi) is 5.81. The van der Waals surface area contributed by atoms with Crippen LogP contribution in [0.5, 0.6) is 0 Å². The molecule has 0 spiro atoms. The van der Waals surface area contributed by atoms with Crippen LogP contribution in [0.3, 0.4) is 0 Å². The van der Waals surface area contributed by atoms with Crippen LogP contribution in [0, 0.1) is 0 Å². The monoisotopic (exact) mass is 365 g/mol. The lowest BCUT2D eigenvalue weighted by Crippen LogP contribution is -2.43. The summed E-state index contributed by atoms with van der Waals surface area (Å²) >= 11 is 1.57. The van der Waals surface area contributed by atoms with Crippen LogP contribution in [0.25, 0.3) is 10.4 Å². The number of thiophene rings is 1. The predicted octanol–water partition coefficient (Wildman–Crippen LogP) is 3.93. The van der Waals surface area contributed by atoms with E-state index in [1.54, 1.807) is 17.4 Å². The number of carbonyl (C=O) groups is 2. The van der Waals surface area contributed by atoms with E-state index in [1.165, 1.54) is 7.11 Å². The molecule has 5 heteroatoms. The van der Waals surface area contributed by atoms with Crippen molar-refractivity contribution in [1.82, 2.24) is 5.32 Å². The first-order valence-electron chi connectivity index (χ1n) is 8.24. The fourth-order valence-electron chi connectivity index (χ4n) is 2.75. The zero-order chi connectivity index (χ0) is 18.4. The van der Waals surface area contributed by atoms with Gasteiger partial charge in [0, 0.05) is 22.4 Å². The van der Waals surface area contributed by atoms with E-state index >= 15 is 0 Å². The molecule has 0 bridgehead atoms. The number of nitrogens with one attached hydrogen (secondary N) is 1. The van der Waals surface area contributed by atoms with Crippen LogP contribution in [0.2, 0.25) is 0 Å². The largest absolute Gasteiger partial charge is 0.467 e. The molecule has 0 saturated carbocycles. The molecule has 0 saturated heterocycles. The maximum atomic E-state index is 12.9. The van der Waals surface area contributed by atoms with Crippen molar-refractivity contribution in [3.05, 3.63) is 83.2 Å². The van der Waals surface area contributed by atoms with Gasteiger partial charge >= 0.3 is 5.97 Å². The first kappa shape index (κ1) is 17.9. The van der Waals surface area contributed by atoms with E-state index in [0.29, 0.717) is 12.0 Å². The van der Waals surface area contributed by atoms with Crippen LogP contribution in [0.15, 0.2) is 72.1 Å². The highest BCUT2D eigenvalue weighted by molar-refractivity contribution is 7.13. The van der Waals surface area contributed by atoms with E-state index < -0.39 is 12.0 Å². The zero-order valence-corrected chi connectivity index (χ0v) is 15.2. The Hall–Kier alpha value is -2.92. The molecule has 1 atom stereocenters. The minimum Gasteiger partial charge on any atom is -0.467 e. The highest BCUT2D eigenvalue weighted by atomic mass is 32.1. The van der Waals surface area contributed by atoms with E-state index in [-0.39, 0.29) is 5.91 Å². The maximum Gasteiger partial charge on any atom is 0.328 e. The number of benzene rings is 2. The van der Waals surface area contributed by atoms with Crippen LogP contribution >= 0.6 is 11.3 Å². The van der Waals surface area contributed by atoms with Crippen molar-refractivity contribution >= 4 is 23.2 Å². The molecule has 1 heterocycles. The van der Waals surface area contributed by atoms with Gasteiger partial charge in [-0.2, -0.15) is 0 Å². The number of carbonyl (C=O) groups excluding carboxylic acids is 2. The molecule has 0 aliphatic rings. The number of rotatable bonds is 6. The standard InChI is InChI=1S/C21H19NO3S/c1-25-21(24)18(14-15-8-3-2-4-9-15)22-20(23)17-11-6-5-10-16(17)19-12-7-13-26-19/h2-13,18H,14H2,1H3,(H,22,23)/t18-/m0/s1. The van der Waals surface area contributed by atoms with E-state index in [0.717, 1.165) is 16.0 Å². The van der Waals surface area contributed by atoms with Gasteiger partial charge in [0.2, 0.25) is 0 Å². The third-order valence-electron chi connectivity index (χ3n) is 4.03. The molecule has 3 rings (SSSR count). The van der Waals surface area contributed by atoms with Crippen molar-refractivity contribution in [2.24, 2.45) is 0 Å². The Labute approximate surface area is 156 Å². The second kappa shape index (κ2) is 8.45. The van der Waals surface area contributed by atoms with Crippen molar-refractivity contribution in [2.45, 2.75) is 12.5 Å². The van der Waals surface area contributed by atoms with Gasteiger partial charge in [-0.3, -0.25) is 4.79 Å². The number of esters is 1. The molecule has 2 aromatic carbocycles. The molecule has 1 aromatic heterocycles. The minimum atomic E-state index is -0.744. The van der Waals surface area contributed by atoms with Gasteiger partial charge in [-0.1, -0.05) is 54.6 Å². The summed E-state index contributed by atoms with van der Waals surface area (Å²) in [5.41, 5.74) is 2.34. The molecule has 3 aromatic rings. The second-order valence-corrected chi connectivity index (χ2v) is 6.71. The molecule has 0 aliphatic carbocycles. The Morgan fingerprint density at radius 1 is 1.00 bits per heavy atom. The molecular weight excluding hydrogens is 346 g/mol. The molecule has 26 heavy (non-hydrogen) atoms. The normalized spacial score (nSPS) is 11.6. The average Bonchev–Trinajstić information content (AvgIpc) is 3.22. The van der Waals surface area contributed by atoms with Gasteiger partial charge in [0.15, 0.2) is 0 Å². The summed E-state index contributed by atoms with van der Waals surface area (Å²) in [4.78, 5) is 26.0. The summed E-state index contributed by atoms with van der Waals surface area (Å²) in [5.74, 6) is -0.754. The highest BCUT2D eigenvalue weighted by Gasteiger charge is 2.24. The van der Waals surface area contributed by atoms with Crippen LogP contribution in [-0.4, -0.2) is 25.0 Å². The molecular formula is C21H19NO3S. The van der Waals surface area contributed by atoms with Gasteiger partial charge in [0.25, 0.3) is 5.91 Å². The second-order valence-electron chi connectivity index (χ2n) is 5.76. The fraction of sp³-hybridized carbons (Fsp3) is 0.143. The summed E-state index contributed by atoms with van der Waals surface area (Å²) < 4.78 is 4.87. The molecule has 132 valence electrons. The van der Waals surface area contributed by atoms with E-state index in [1.807, 2.05) is 66.0 Å². The lowest BCUT2D eigenvalue weighted by Gasteiger charge is -2.17. The number of amides is 1. The Balaban J connectivity index is 1.83. The van der Waals surface area contributed by atoms with Crippen molar-refractivity contribution in [1.29, 1.82) is 0 Å². The molecule has 1 N–H and O–H groups in total. The quantitative estimate of drug-likeness (QED) is 0.674. The van der Waals surface area contributed by atoms with Crippen LogP contribution in [-0.2, 0) is 16.0 Å². The van der Waals surface area contributed by atoms with Crippen molar-refractivity contribution in [3.8, 4) is 10.4 Å². The van der Waals surface area contributed by atoms with Crippen molar-refractivity contribution in [2.75, 3.05) is 7.11 Å². The van der Waals surface area contributed by atoms with Gasteiger partial charge in [-0.25, -0.2) is 4.79 Å². The van der Waals surface area contributed by atoms with Gasteiger partial charge in [0.05, 0.1) is 7.11 Å². The number of ether oxygens (including phenoxy) is 1. The smallest absolute Gasteiger partial charge is 0.328 e. The lowest BCUT2D eigenvalue weighted by molar-refractivity contribution is -0.142. The summed E-state index contributed by atoms with van der Waals surface area (Å²) in [7, 11) is 1.33. The average molecular weight is 365 g/mol. The first-order valence-corrected chi connectivity index (χ1v) is 9.12. The topological polar surface area (TPSA) is 55.4 Å². The van der Waals surface area contributed by atoms with Crippen molar-refractivity contribution < 1.29 is 14.3 Å². The first-order chi connectivity index (χ1) is 12.7. The lowest BCUT2D eigenvalue weighted by atomic mass is 10.0. The third-order valence-corrected chi connectivity index (χ3v) is 4.94. The molecule has 0 unspecified atom stereocenters. The SMILES string of the molecule is COC(=O)[C@H](Cc1ccccc1)NC(=O)c1ccccc1-c1cccs1. The Morgan fingerprint density at radius 2 is 1.73 bits per heavy atom.